The normalized spacial score (nSPS) is 15.1. The molecule has 2 amide bonds. The summed E-state index contributed by atoms with van der Waals surface area (Å²) in [7, 11) is 0. The SMILES string of the molecule is C=C1CSC(=NC(=O)NCC(CC)c2ccc(-c3ncn(-c4ccc(OC(F)(F)F)cc4)n3)cc2)N1c1ccccc1C(C)C. The van der Waals surface area contributed by atoms with Gasteiger partial charge < -0.3 is 10.1 Å². The molecule has 0 radical (unpaired) electrons. The van der Waals surface area contributed by atoms with E-state index >= 15 is 0 Å². The fraction of sp³-hybridized carbons (Fsp3) is 0.273. The number of halogens is 3. The molecule has 0 aliphatic carbocycles. The Bertz CT molecular complexity index is 1680. The first-order valence-electron chi connectivity index (χ1n) is 14.5. The molecule has 5 rings (SSSR count). The van der Waals surface area contributed by atoms with E-state index in [1.165, 1.54) is 52.6 Å². The molecule has 4 aromatic rings. The summed E-state index contributed by atoms with van der Waals surface area (Å²) in [6, 6.07) is 20.9. The van der Waals surface area contributed by atoms with Gasteiger partial charge in [0.05, 0.1) is 11.4 Å². The second-order valence-corrected chi connectivity index (χ2v) is 11.7. The van der Waals surface area contributed by atoms with Gasteiger partial charge in [0.1, 0.15) is 12.1 Å². The third-order valence-corrected chi connectivity index (χ3v) is 8.34. The number of amidine groups is 1. The molecule has 0 bridgehead atoms. The lowest BCUT2D eigenvalue weighted by Crippen LogP contribution is -2.29. The van der Waals surface area contributed by atoms with Crippen molar-refractivity contribution in [1.82, 2.24) is 20.1 Å². The Hall–Kier alpha value is -4.58. The third kappa shape index (κ3) is 7.75. The minimum atomic E-state index is -4.75. The maximum Gasteiger partial charge on any atom is 0.573 e. The van der Waals surface area contributed by atoms with Gasteiger partial charge in [0.2, 0.25) is 0 Å². The van der Waals surface area contributed by atoms with Gasteiger partial charge in [-0.05, 0) is 53.8 Å². The molecule has 45 heavy (non-hydrogen) atoms. The number of carbonyl (C=O) groups excluding carboxylic acids is 1. The Kier molecular flexibility index (Phi) is 9.62. The van der Waals surface area contributed by atoms with E-state index in [1.54, 1.807) is 0 Å². The van der Waals surface area contributed by atoms with Crippen molar-refractivity contribution in [3.8, 4) is 22.8 Å². The van der Waals surface area contributed by atoms with Crippen LogP contribution >= 0.6 is 11.8 Å². The van der Waals surface area contributed by atoms with E-state index in [2.05, 4.69) is 58.5 Å². The molecule has 1 unspecified atom stereocenters. The van der Waals surface area contributed by atoms with Crippen molar-refractivity contribution in [1.29, 1.82) is 0 Å². The molecule has 1 aromatic heterocycles. The highest BCUT2D eigenvalue weighted by atomic mass is 32.2. The summed E-state index contributed by atoms with van der Waals surface area (Å²) in [5.74, 6) is 1.19. The zero-order valence-corrected chi connectivity index (χ0v) is 25.9. The molecule has 8 nitrogen and oxygen atoms in total. The molecule has 1 aliphatic heterocycles. The first-order chi connectivity index (χ1) is 21.5. The van der Waals surface area contributed by atoms with E-state index in [1.807, 2.05) is 47.4 Å². The van der Waals surface area contributed by atoms with Crippen LogP contribution in [0.3, 0.4) is 0 Å². The summed E-state index contributed by atoms with van der Waals surface area (Å²) in [5.41, 5.74) is 5.41. The van der Waals surface area contributed by atoms with Crippen molar-refractivity contribution in [3.05, 3.63) is 103 Å². The molecule has 1 aliphatic rings. The molecule has 1 N–H and O–H groups in total. The van der Waals surface area contributed by atoms with E-state index in [0.717, 1.165) is 28.9 Å². The van der Waals surface area contributed by atoms with Crippen LogP contribution < -0.4 is 15.0 Å². The summed E-state index contributed by atoms with van der Waals surface area (Å²) < 4.78 is 42.7. The predicted molar refractivity (Wildman–Crippen MR) is 172 cm³/mol. The number of nitrogens with one attached hydrogen (secondary N) is 1. The molecule has 2 heterocycles. The summed E-state index contributed by atoms with van der Waals surface area (Å²) >= 11 is 1.50. The Morgan fingerprint density at radius 3 is 2.47 bits per heavy atom. The molecule has 12 heteroatoms. The Balaban J connectivity index is 1.22. The first-order valence-corrected chi connectivity index (χ1v) is 15.4. The topological polar surface area (TPSA) is 84.6 Å². The first kappa shape index (κ1) is 31.8. The van der Waals surface area contributed by atoms with Crippen molar-refractivity contribution in [2.75, 3.05) is 17.2 Å². The van der Waals surface area contributed by atoms with Crippen LogP contribution in [-0.2, 0) is 0 Å². The predicted octanol–water partition coefficient (Wildman–Crippen LogP) is 8.28. The number of hydrogen-bond donors (Lipinski definition) is 1. The fourth-order valence-corrected chi connectivity index (χ4v) is 5.94. The van der Waals surface area contributed by atoms with Crippen molar-refractivity contribution in [2.24, 2.45) is 4.99 Å². The van der Waals surface area contributed by atoms with E-state index < -0.39 is 12.4 Å². The lowest BCUT2D eigenvalue weighted by Gasteiger charge is -2.24. The van der Waals surface area contributed by atoms with Gasteiger partial charge >= 0.3 is 12.4 Å². The van der Waals surface area contributed by atoms with Gasteiger partial charge in [-0.25, -0.2) is 14.5 Å². The van der Waals surface area contributed by atoms with E-state index in [0.29, 0.717) is 34.9 Å². The van der Waals surface area contributed by atoms with Gasteiger partial charge in [-0.15, -0.1) is 18.3 Å². The number of hydrogen-bond acceptors (Lipinski definition) is 5. The van der Waals surface area contributed by atoms with Gasteiger partial charge in [0, 0.05) is 29.5 Å². The van der Waals surface area contributed by atoms with Gasteiger partial charge in [0.25, 0.3) is 0 Å². The number of thioether (sulfide) groups is 1. The molecular formula is C33H33F3N6O2S. The number of benzene rings is 3. The third-order valence-electron chi connectivity index (χ3n) is 7.33. The average Bonchev–Trinajstić information content (AvgIpc) is 3.64. The number of aliphatic imine (C=N–C) groups is 1. The number of nitrogens with zero attached hydrogens (tertiary/aromatic N) is 5. The van der Waals surface area contributed by atoms with Crippen LogP contribution in [0.4, 0.5) is 23.7 Å². The molecule has 1 fully saturated rings. The lowest BCUT2D eigenvalue weighted by molar-refractivity contribution is -0.274. The van der Waals surface area contributed by atoms with Crippen LogP contribution in [0.5, 0.6) is 5.75 Å². The van der Waals surface area contributed by atoms with Crippen molar-refractivity contribution in [2.45, 2.75) is 45.4 Å². The molecule has 234 valence electrons. The van der Waals surface area contributed by atoms with E-state index in [-0.39, 0.29) is 11.7 Å². The van der Waals surface area contributed by atoms with Crippen molar-refractivity contribution in [3.63, 3.8) is 0 Å². The van der Waals surface area contributed by atoms with Crippen LogP contribution in [0, 0.1) is 0 Å². The number of alkyl halides is 3. The number of amides is 2. The summed E-state index contributed by atoms with van der Waals surface area (Å²) in [5, 5.41) is 8.05. The van der Waals surface area contributed by atoms with E-state index in [9.17, 15) is 18.0 Å². The summed E-state index contributed by atoms with van der Waals surface area (Å²) in [6.45, 7) is 11.0. The highest BCUT2D eigenvalue weighted by Gasteiger charge is 2.31. The Morgan fingerprint density at radius 2 is 1.80 bits per heavy atom. The quantitative estimate of drug-likeness (QED) is 0.200. The van der Waals surface area contributed by atoms with Crippen LogP contribution in [-0.4, -0.2) is 44.6 Å². The number of anilines is 1. The molecule has 0 spiro atoms. The zero-order valence-electron chi connectivity index (χ0n) is 25.1. The number of aromatic nitrogens is 3. The number of rotatable bonds is 9. The number of carbonyl (C=O) groups is 1. The van der Waals surface area contributed by atoms with Crippen LogP contribution in [0.1, 0.15) is 50.2 Å². The number of urea groups is 1. The maximum absolute atomic E-state index is 12.9. The summed E-state index contributed by atoms with van der Waals surface area (Å²) in [4.78, 5) is 23.7. The standard InChI is InChI=1S/C33H33F3N6O2S/c1-5-23(18-37-31(43)39-32-42(22(4)19-45-32)29-9-7-6-8-28(29)21(2)3)24-10-12-25(13-11-24)30-38-20-41(40-30)26-14-16-27(17-15-26)44-33(34,35)36/h6-17,20-21,23H,4-5,18-19H2,1-3H3,(H,37,43). The molecule has 0 saturated carbocycles. The molecular weight excluding hydrogens is 601 g/mol. The lowest BCUT2D eigenvalue weighted by atomic mass is 9.95. The zero-order chi connectivity index (χ0) is 32.1. The highest BCUT2D eigenvalue weighted by Crippen LogP contribution is 2.36. The largest absolute Gasteiger partial charge is 0.573 e. The Morgan fingerprint density at radius 1 is 1.09 bits per heavy atom. The van der Waals surface area contributed by atoms with Gasteiger partial charge in [-0.2, -0.15) is 4.99 Å². The second-order valence-electron chi connectivity index (χ2n) is 10.8. The smallest absolute Gasteiger partial charge is 0.406 e. The average molecular weight is 635 g/mol. The van der Waals surface area contributed by atoms with Crippen LogP contribution in [0.25, 0.3) is 17.1 Å². The maximum atomic E-state index is 12.9. The fourth-order valence-electron chi connectivity index (χ4n) is 5.01. The van der Waals surface area contributed by atoms with Crippen LogP contribution in [0.15, 0.2) is 96.4 Å². The van der Waals surface area contributed by atoms with Crippen LogP contribution in [0.2, 0.25) is 0 Å². The molecule has 1 atom stereocenters. The van der Waals surface area contributed by atoms with Gasteiger partial charge in [-0.1, -0.05) is 81.6 Å². The molecule has 3 aromatic carbocycles. The van der Waals surface area contributed by atoms with E-state index in [4.69, 9.17) is 0 Å². The number of para-hydroxylation sites is 1. The monoisotopic (exact) mass is 634 g/mol. The Labute approximate surface area is 264 Å². The minimum Gasteiger partial charge on any atom is -0.406 e. The minimum absolute atomic E-state index is 0.0649. The van der Waals surface area contributed by atoms with Crippen molar-refractivity contribution >= 4 is 28.6 Å². The highest BCUT2D eigenvalue weighted by molar-refractivity contribution is 8.14. The second kappa shape index (κ2) is 13.6. The molecule has 1 saturated heterocycles. The van der Waals surface area contributed by atoms with Gasteiger partial charge in [-0.3, -0.25) is 4.90 Å². The summed E-state index contributed by atoms with van der Waals surface area (Å²) in [6.07, 6.45) is -2.45. The number of ether oxygens (including phenoxy) is 1. The van der Waals surface area contributed by atoms with Crippen molar-refractivity contribution < 1.29 is 22.7 Å². The van der Waals surface area contributed by atoms with Gasteiger partial charge in [0.15, 0.2) is 11.0 Å².